The number of benzene rings is 2. The van der Waals surface area contributed by atoms with Crippen molar-refractivity contribution in [2.45, 2.75) is 19.8 Å². The summed E-state index contributed by atoms with van der Waals surface area (Å²) in [5.41, 5.74) is 2.12. The van der Waals surface area contributed by atoms with Crippen molar-refractivity contribution in [3.8, 4) is 16.9 Å². The predicted octanol–water partition coefficient (Wildman–Crippen LogP) is 5.20. The van der Waals surface area contributed by atoms with E-state index in [1.54, 1.807) is 17.0 Å². The van der Waals surface area contributed by atoms with Crippen LogP contribution in [0.25, 0.3) is 17.2 Å². The Morgan fingerprint density at radius 3 is 2.80 bits per heavy atom. The third-order valence-electron chi connectivity index (χ3n) is 5.01. The van der Waals surface area contributed by atoms with Crippen molar-refractivity contribution in [1.82, 2.24) is 4.90 Å². The van der Waals surface area contributed by atoms with Crippen LogP contribution in [0.5, 0.6) is 5.75 Å². The summed E-state index contributed by atoms with van der Waals surface area (Å²) in [7, 11) is 0. The van der Waals surface area contributed by atoms with Crippen molar-refractivity contribution in [2.24, 2.45) is 5.92 Å². The number of aliphatic carboxylic acids is 1. The number of amides is 1. The van der Waals surface area contributed by atoms with E-state index in [2.05, 4.69) is 6.07 Å². The van der Waals surface area contributed by atoms with Gasteiger partial charge in [0.2, 0.25) is 5.91 Å². The van der Waals surface area contributed by atoms with E-state index in [0.717, 1.165) is 11.1 Å². The zero-order valence-corrected chi connectivity index (χ0v) is 18.0. The fourth-order valence-electron chi connectivity index (χ4n) is 3.51. The number of carbonyl (C=O) groups is 2. The molecule has 0 saturated carbocycles. The topological polar surface area (TPSA) is 66.8 Å². The molecule has 157 valence electrons. The van der Waals surface area contributed by atoms with Gasteiger partial charge >= 0.3 is 5.97 Å². The average Bonchev–Trinajstić information content (AvgIpc) is 2.75. The van der Waals surface area contributed by atoms with Crippen LogP contribution in [-0.4, -0.2) is 41.6 Å². The molecular weight excluding hydrogens is 425 g/mol. The Bertz CT molecular complexity index is 974. The van der Waals surface area contributed by atoms with Gasteiger partial charge in [-0.2, -0.15) is 0 Å². The van der Waals surface area contributed by atoms with Gasteiger partial charge in [0.1, 0.15) is 5.75 Å². The Kier molecular flexibility index (Phi) is 7.40. The second-order valence-corrected chi connectivity index (χ2v) is 7.72. The van der Waals surface area contributed by atoms with Crippen molar-refractivity contribution < 1.29 is 19.4 Å². The quantitative estimate of drug-likeness (QED) is 0.619. The molecule has 0 spiro atoms. The smallest absolute Gasteiger partial charge is 0.308 e. The summed E-state index contributed by atoms with van der Waals surface area (Å²) in [5, 5.41) is 9.78. The van der Waals surface area contributed by atoms with Crippen LogP contribution >= 0.6 is 23.2 Å². The highest BCUT2D eigenvalue weighted by molar-refractivity contribution is 6.43. The van der Waals surface area contributed by atoms with Gasteiger partial charge in [-0.1, -0.05) is 41.4 Å². The van der Waals surface area contributed by atoms with E-state index in [1.165, 1.54) is 6.08 Å². The number of nitrogens with zero attached hydrogens (tertiary/aromatic N) is 1. The Morgan fingerprint density at radius 1 is 1.30 bits per heavy atom. The first kappa shape index (κ1) is 22.2. The summed E-state index contributed by atoms with van der Waals surface area (Å²) < 4.78 is 5.73. The van der Waals surface area contributed by atoms with E-state index in [4.69, 9.17) is 27.9 Å². The van der Waals surface area contributed by atoms with Crippen molar-refractivity contribution in [2.75, 3.05) is 19.7 Å². The fraction of sp³-hybridized carbons (Fsp3) is 0.304. The average molecular weight is 447 g/mol. The number of carboxylic acids is 1. The number of hydrogen-bond donors (Lipinski definition) is 1. The monoisotopic (exact) mass is 446 g/mol. The van der Waals surface area contributed by atoms with Crippen LogP contribution in [0.15, 0.2) is 36.4 Å². The molecule has 1 N–H and O–H groups in total. The first-order chi connectivity index (χ1) is 14.4. The van der Waals surface area contributed by atoms with E-state index in [1.807, 2.05) is 31.2 Å². The summed E-state index contributed by atoms with van der Waals surface area (Å²) >= 11 is 12.6. The van der Waals surface area contributed by atoms with Gasteiger partial charge in [-0.05, 0) is 43.5 Å². The lowest BCUT2D eigenvalue weighted by Crippen LogP contribution is -2.41. The highest BCUT2D eigenvalue weighted by atomic mass is 35.5. The van der Waals surface area contributed by atoms with E-state index in [9.17, 15) is 14.7 Å². The Hall–Kier alpha value is -2.50. The molecule has 1 heterocycles. The number of likely N-dealkylation sites (tertiary alicyclic amines) is 1. The molecule has 30 heavy (non-hydrogen) atoms. The second-order valence-electron chi connectivity index (χ2n) is 6.97. The molecule has 2 aromatic carbocycles. The maximum Gasteiger partial charge on any atom is 0.308 e. The highest BCUT2D eigenvalue weighted by Gasteiger charge is 2.27. The molecule has 0 aliphatic carbocycles. The summed E-state index contributed by atoms with van der Waals surface area (Å²) in [5.74, 6) is -0.980. The van der Waals surface area contributed by atoms with Crippen LogP contribution in [0.4, 0.5) is 0 Å². The molecule has 1 saturated heterocycles. The Morgan fingerprint density at radius 2 is 2.07 bits per heavy atom. The van der Waals surface area contributed by atoms with Crippen molar-refractivity contribution in [1.29, 1.82) is 0 Å². The van der Waals surface area contributed by atoms with Gasteiger partial charge in [-0.25, -0.2) is 0 Å². The van der Waals surface area contributed by atoms with Gasteiger partial charge < -0.3 is 14.7 Å². The van der Waals surface area contributed by atoms with Crippen molar-refractivity contribution in [3.63, 3.8) is 0 Å². The normalized spacial score (nSPS) is 16.6. The van der Waals surface area contributed by atoms with E-state index >= 15 is 0 Å². The summed E-state index contributed by atoms with van der Waals surface area (Å²) in [6.07, 6.45) is 4.27. The molecule has 1 fully saturated rings. The second kappa shape index (κ2) is 10.0. The lowest BCUT2D eigenvalue weighted by atomic mass is 9.97. The summed E-state index contributed by atoms with van der Waals surface area (Å²) in [6, 6.07) is 12.2. The van der Waals surface area contributed by atoms with Crippen LogP contribution < -0.4 is 4.74 Å². The minimum atomic E-state index is -0.875. The first-order valence-electron chi connectivity index (χ1n) is 9.74. The van der Waals surface area contributed by atoms with Crippen LogP contribution in [0.1, 0.15) is 25.3 Å². The molecule has 1 aliphatic heterocycles. The van der Waals surface area contributed by atoms with E-state index in [-0.39, 0.29) is 22.5 Å². The molecule has 7 heteroatoms. The third-order valence-corrected chi connectivity index (χ3v) is 5.80. The summed E-state index contributed by atoms with van der Waals surface area (Å²) in [4.78, 5) is 25.5. The molecule has 1 aliphatic rings. The van der Waals surface area contributed by atoms with Gasteiger partial charge in [0, 0.05) is 36.4 Å². The SMILES string of the molecule is CCOc1ccccc1-c1c[c]c(Cl)c(Cl)c1/C=C/C(=O)N1CCCC(C(=O)O)C1. The third kappa shape index (κ3) is 4.97. The zero-order chi connectivity index (χ0) is 21.7. The van der Waals surface area contributed by atoms with Gasteiger partial charge in [0.05, 0.1) is 22.6 Å². The lowest BCUT2D eigenvalue weighted by Gasteiger charge is -2.29. The maximum atomic E-state index is 12.7. The number of halogens is 2. The lowest BCUT2D eigenvalue weighted by molar-refractivity contribution is -0.144. The zero-order valence-electron chi connectivity index (χ0n) is 16.5. The minimum absolute atomic E-state index is 0.204. The number of piperidine rings is 1. The molecule has 3 rings (SSSR count). The van der Waals surface area contributed by atoms with Crippen LogP contribution in [0.3, 0.4) is 0 Å². The number of carboxylic acid groups (broad SMARTS) is 1. The predicted molar refractivity (Wildman–Crippen MR) is 118 cm³/mol. The van der Waals surface area contributed by atoms with E-state index < -0.39 is 11.9 Å². The van der Waals surface area contributed by atoms with Crippen LogP contribution in [-0.2, 0) is 9.59 Å². The minimum Gasteiger partial charge on any atom is -0.493 e. The van der Waals surface area contributed by atoms with Gasteiger partial charge in [0.15, 0.2) is 0 Å². The van der Waals surface area contributed by atoms with Crippen molar-refractivity contribution in [3.05, 3.63) is 58.1 Å². The molecule has 2 aromatic rings. The fourth-order valence-corrected chi connectivity index (χ4v) is 3.88. The molecule has 0 bridgehead atoms. The van der Waals surface area contributed by atoms with Gasteiger partial charge in [0.25, 0.3) is 0 Å². The standard InChI is InChI=1S/C23H22Cl2NO4/c1-2-30-20-8-4-3-7-17(20)16-9-11-19(24)22(25)18(16)10-12-21(27)26-13-5-6-15(14-26)23(28)29/h3-4,7-10,12,15H,2,5-6,13-14H2,1H3,(H,28,29)/b12-10+. The maximum absolute atomic E-state index is 12.7. The Labute approximate surface area is 185 Å². The van der Waals surface area contributed by atoms with Crippen molar-refractivity contribution >= 4 is 41.2 Å². The largest absolute Gasteiger partial charge is 0.493 e. The molecule has 0 aromatic heterocycles. The van der Waals surface area contributed by atoms with E-state index in [0.29, 0.717) is 37.3 Å². The Balaban J connectivity index is 1.93. The summed E-state index contributed by atoms with van der Waals surface area (Å²) in [6.45, 7) is 3.14. The van der Waals surface area contributed by atoms with Gasteiger partial charge in [-0.3, -0.25) is 9.59 Å². The molecule has 1 unspecified atom stereocenters. The number of para-hydroxylation sites is 1. The van der Waals surface area contributed by atoms with Gasteiger partial charge in [-0.15, -0.1) is 0 Å². The molecule has 1 radical (unpaired) electrons. The molecule has 1 amide bonds. The molecule has 5 nitrogen and oxygen atoms in total. The molecular formula is C23H22Cl2NO4. The van der Waals surface area contributed by atoms with Crippen LogP contribution in [0, 0.1) is 12.0 Å². The highest BCUT2D eigenvalue weighted by Crippen LogP contribution is 2.38. The first-order valence-corrected chi connectivity index (χ1v) is 10.5. The number of rotatable bonds is 6. The number of ether oxygens (including phenoxy) is 1. The number of carbonyl (C=O) groups excluding carboxylic acids is 1. The number of hydrogen-bond acceptors (Lipinski definition) is 3. The van der Waals surface area contributed by atoms with Crippen LogP contribution in [0.2, 0.25) is 10.0 Å². The molecule has 1 atom stereocenters.